The minimum Gasteiger partial charge on any atom is -0.457 e. The van der Waals surface area contributed by atoms with Crippen LogP contribution in [0.5, 0.6) is 23.0 Å². The number of ether oxygens (including phenoxy) is 2. The Bertz CT molecular complexity index is 1640. The van der Waals surface area contributed by atoms with Gasteiger partial charge in [-0.15, -0.1) is 6.42 Å². The van der Waals surface area contributed by atoms with Crippen LogP contribution in [-0.4, -0.2) is 18.3 Å². The molecule has 0 spiro atoms. The average molecular weight is 516 g/mol. The summed E-state index contributed by atoms with van der Waals surface area (Å²) in [6.45, 7) is 0. The second-order valence-corrected chi connectivity index (χ2v) is 9.44. The van der Waals surface area contributed by atoms with E-state index in [1.807, 2.05) is 0 Å². The summed E-state index contributed by atoms with van der Waals surface area (Å²) in [5.41, 5.74) is -0.745. The molecule has 0 aliphatic rings. The monoisotopic (exact) mass is 516 g/mol. The molecule has 0 aromatic heterocycles. The molecular formula is C26H16N2O8S. The van der Waals surface area contributed by atoms with Crippen LogP contribution < -0.4 is 9.47 Å². The van der Waals surface area contributed by atoms with E-state index in [1.165, 1.54) is 54.6 Å². The van der Waals surface area contributed by atoms with E-state index < -0.39 is 31.1 Å². The van der Waals surface area contributed by atoms with Gasteiger partial charge >= 0.3 is 11.4 Å². The number of hydrogen-bond donors (Lipinski definition) is 0. The van der Waals surface area contributed by atoms with Gasteiger partial charge in [0.25, 0.3) is 0 Å². The maximum atomic E-state index is 13.0. The summed E-state index contributed by atoms with van der Waals surface area (Å²) in [5.74, 6) is 3.61. The lowest BCUT2D eigenvalue weighted by Crippen LogP contribution is -2.02. The molecule has 0 atom stereocenters. The second-order valence-electron chi connectivity index (χ2n) is 7.49. The molecular weight excluding hydrogens is 500 g/mol. The first-order valence-corrected chi connectivity index (χ1v) is 12.0. The van der Waals surface area contributed by atoms with Gasteiger partial charge in [-0.2, -0.15) is 0 Å². The maximum Gasteiger partial charge on any atom is 0.349 e. The Labute approximate surface area is 210 Å². The van der Waals surface area contributed by atoms with Crippen LogP contribution in [0, 0.1) is 32.6 Å². The first-order chi connectivity index (χ1) is 17.7. The Morgan fingerprint density at radius 2 is 1.14 bits per heavy atom. The Kier molecular flexibility index (Phi) is 6.86. The topological polar surface area (TPSA) is 139 Å². The van der Waals surface area contributed by atoms with E-state index >= 15 is 0 Å². The van der Waals surface area contributed by atoms with Crippen LogP contribution >= 0.6 is 0 Å². The van der Waals surface area contributed by atoms with Crippen molar-refractivity contribution in [3.63, 3.8) is 0 Å². The molecule has 10 nitrogen and oxygen atoms in total. The summed E-state index contributed by atoms with van der Waals surface area (Å²) >= 11 is 0. The van der Waals surface area contributed by atoms with E-state index in [1.54, 1.807) is 24.3 Å². The van der Waals surface area contributed by atoms with Crippen LogP contribution in [-0.2, 0) is 9.84 Å². The fourth-order valence-corrected chi connectivity index (χ4v) is 4.56. The van der Waals surface area contributed by atoms with Crippen molar-refractivity contribution >= 4 is 21.2 Å². The number of nitro groups is 2. The lowest BCUT2D eigenvalue weighted by Gasteiger charge is -2.09. The van der Waals surface area contributed by atoms with E-state index in [0.717, 1.165) is 12.1 Å². The number of nitrogens with zero attached hydrogens (tertiary/aromatic N) is 2. The van der Waals surface area contributed by atoms with Gasteiger partial charge in [-0.3, -0.25) is 20.2 Å². The molecule has 0 heterocycles. The summed E-state index contributed by atoms with van der Waals surface area (Å²) in [5, 5.41) is 22.1. The third-order valence-corrected chi connectivity index (χ3v) is 6.87. The van der Waals surface area contributed by atoms with Crippen LogP contribution in [0.4, 0.5) is 11.4 Å². The highest BCUT2D eigenvalue weighted by Crippen LogP contribution is 2.33. The molecule has 0 fully saturated rings. The smallest absolute Gasteiger partial charge is 0.349 e. The molecule has 0 aliphatic heterocycles. The number of nitro benzene ring substituents is 2. The van der Waals surface area contributed by atoms with Gasteiger partial charge in [0.1, 0.15) is 23.0 Å². The van der Waals surface area contributed by atoms with Crippen molar-refractivity contribution in [2.75, 3.05) is 0 Å². The lowest BCUT2D eigenvalue weighted by molar-refractivity contribution is -0.422. The highest BCUT2D eigenvalue weighted by Gasteiger charge is 2.25. The van der Waals surface area contributed by atoms with E-state index in [9.17, 15) is 28.6 Å². The van der Waals surface area contributed by atoms with Crippen LogP contribution in [0.15, 0.2) is 101 Å². The number of rotatable bonds is 8. The Morgan fingerprint density at radius 1 is 0.649 bits per heavy atom. The second kappa shape index (κ2) is 10.2. The number of terminal acetylenes is 1. The zero-order chi connectivity index (χ0) is 26.6. The third kappa shape index (κ3) is 5.55. The van der Waals surface area contributed by atoms with Crippen molar-refractivity contribution in [1.29, 1.82) is 0 Å². The first-order valence-electron chi connectivity index (χ1n) is 10.5. The van der Waals surface area contributed by atoms with Crippen molar-refractivity contribution in [3.05, 3.63) is 117 Å². The van der Waals surface area contributed by atoms with Gasteiger partial charge in [0.05, 0.1) is 25.7 Å². The summed E-state index contributed by atoms with van der Waals surface area (Å²) < 4.78 is 37.3. The van der Waals surface area contributed by atoms with Gasteiger partial charge < -0.3 is 9.47 Å². The highest BCUT2D eigenvalue weighted by molar-refractivity contribution is 7.91. The van der Waals surface area contributed by atoms with Gasteiger partial charge in [-0.25, -0.2) is 8.42 Å². The highest BCUT2D eigenvalue weighted by atomic mass is 32.2. The minimum atomic E-state index is -3.86. The summed E-state index contributed by atoms with van der Waals surface area (Å²) in [4.78, 5) is 20.4. The standard InChI is InChI=1S/C26H16N2O8S/c1-2-18-4-3-5-21(16-18)35-19-6-11-23(12-7-19)37(33,34)24-13-8-20(9-14-24)36-22-10-15-25(27(29)30)26(17-22)28(31)32/h1,3-17H. The lowest BCUT2D eigenvalue weighted by atomic mass is 10.2. The molecule has 0 radical (unpaired) electrons. The molecule has 37 heavy (non-hydrogen) atoms. The largest absolute Gasteiger partial charge is 0.457 e. The van der Waals surface area contributed by atoms with E-state index in [0.29, 0.717) is 17.1 Å². The number of hydrogen-bond acceptors (Lipinski definition) is 8. The molecule has 0 bridgehead atoms. The fourth-order valence-electron chi connectivity index (χ4n) is 3.30. The molecule has 0 unspecified atom stereocenters. The quantitative estimate of drug-likeness (QED) is 0.160. The molecule has 0 saturated carbocycles. The predicted molar refractivity (Wildman–Crippen MR) is 133 cm³/mol. The Morgan fingerprint density at radius 3 is 1.62 bits per heavy atom. The Balaban J connectivity index is 1.50. The van der Waals surface area contributed by atoms with E-state index in [-0.39, 0.29) is 21.3 Å². The van der Waals surface area contributed by atoms with Crippen molar-refractivity contribution in [3.8, 4) is 35.3 Å². The van der Waals surface area contributed by atoms with Gasteiger partial charge in [0.15, 0.2) is 0 Å². The maximum absolute atomic E-state index is 13.0. The minimum absolute atomic E-state index is 0.00933. The molecule has 11 heteroatoms. The van der Waals surface area contributed by atoms with E-state index in [4.69, 9.17) is 15.9 Å². The van der Waals surface area contributed by atoms with Crippen molar-refractivity contribution in [2.45, 2.75) is 9.79 Å². The SMILES string of the molecule is C#Cc1cccc(Oc2ccc(S(=O)(=O)c3ccc(Oc4ccc([N+](=O)[O-])c([N+](=O)[O-])c4)cc3)cc2)c1. The third-order valence-electron chi connectivity index (χ3n) is 5.08. The van der Waals surface area contributed by atoms with Gasteiger partial charge in [-0.1, -0.05) is 12.0 Å². The predicted octanol–water partition coefficient (Wildman–Crippen LogP) is 5.90. The molecule has 0 aliphatic carbocycles. The molecule has 4 aromatic rings. The molecule has 0 amide bonds. The number of sulfone groups is 1. The van der Waals surface area contributed by atoms with Crippen LogP contribution in [0.1, 0.15) is 5.56 Å². The van der Waals surface area contributed by atoms with Crippen molar-refractivity contribution < 1.29 is 27.7 Å². The Hall–Kier alpha value is -5.21. The van der Waals surface area contributed by atoms with Gasteiger partial charge in [0.2, 0.25) is 9.84 Å². The fraction of sp³-hybridized carbons (Fsp3) is 0. The van der Waals surface area contributed by atoms with Crippen molar-refractivity contribution in [1.82, 2.24) is 0 Å². The molecule has 4 aromatic carbocycles. The summed E-state index contributed by atoms with van der Waals surface area (Å²) in [6.07, 6.45) is 5.39. The number of benzene rings is 4. The molecule has 184 valence electrons. The zero-order valence-electron chi connectivity index (χ0n) is 18.8. The molecule has 0 saturated heterocycles. The molecule has 4 rings (SSSR count). The summed E-state index contributed by atoms with van der Waals surface area (Å²) in [7, 11) is -3.86. The molecule has 0 N–H and O–H groups in total. The van der Waals surface area contributed by atoms with E-state index in [2.05, 4.69) is 5.92 Å². The van der Waals surface area contributed by atoms with Crippen LogP contribution in [0.3, 0.4) is 0 Å². The van der Waals surface area contributed by atoms with Gasteiger partial charge in [0, 0.05) is 11.6 Å². The van der Waals surface area contributed by atoms with Crippen LogP contribution in [0.2, 0.25) is 0 Å². The zero-order valence-corrected chi connectivity index (χ0v) is 19.6. The van der Waals surface area contributed by atoms with Crippen LogP contribution in [0.25, 0.3) is 0 Å². The van der Waals surface area contributed by atoms with Crippen molar-refractivity contribution in [2.24, 2.45) is 0 Å². The summed E-state index contributed by atoms with van der Waals surface area (Å²) in [6, 6.07) is 21.3. The first kappa shape index (κ1) is 24.9. The van der Waals surface area contributed by atoms with Gasteiger partial charge in [-0.05, 0) is 72.8 Å². The normalized spacial score (nSPS) is 10.8. The average Bonchev–Trinajstić information content (AvgIpc) is 2.89.